The van der Waals surface area contributed by atoms with Crippen molar-refractivity contribution >= 4 is 11.9 Å². The van der Waals surface area contributed by atoms with Gasteiger partial charge in [-0.15, -0.1) is 0 Å². The number of amides is 3. The molecule has 0 aliphatic carbocycles. The second kappa shape index (κ2) is 6.48. The molecule has 1 heterocycles. The molecule has 0 radical (unpaired) electrons. The summed E-state index contributed by atoms with van der Waals surface area (Å²) < 4.78 is 0. The molecule has 24 heavy (non-hydrogen) atoms. The maximum atomic E-state index is 13.1. The summed E-state index contributed by atoms with van der Waals surface area (Å²) in [7, 11) is 1.75. The molecular formula is C20H22N2O2. The van der Waals surface area contributed by atoms with Crippen LogP contribution in [-0.4, -0.2) is 34.8 Å². The summed E-state index contributed by atoms with van der Waals surface area (Å²) in [5.74, 6) is -0.517. The topological polar surface area (TPSA) is 40.6 Å². The van der Waals surface area contributed by atoms with E-state index in [1.165, 1.54) is 4.90 Å². The van der Waals surface area contributed by atoms with Gasteiger partial charge in [-0.05, 0) is 25.0 Å². The van der Waals surface area contributed by atoms with Crippen LogP contribution < -0.4 is 0 Å². The summed E-state index contributed by atoms with van der Waals surface area (Å²) in [6, 6.07) is 18.8. The van der Waals surface area contributed by atoms with Crippen LogP contribution in [0.25, 0.3) is 0 Å². The Bertz CT molecular complexity index is 730. The lowest BCUT2D eigenvalue weighted by Crippen LogP contribution is -2.38. The van der Waals surface area contributed by atoms with Gasteiger partial charge in [0.25, 0.3) is 0 Å². The minimum atomic E-state index is -0.361. The van der Waals surface area contributed by atoms with Crippen molar-refractivity contribution in [2.75, 3.05) is 7.05 Å². The number of benzene rings is 2. The number of likely N-dealkylation sites (N-methyl/N-ethyl adjacent to an activating group) is 1. The van der Waals surface area contributed by atoms with Gasteiger partial charge in [0, 0.05) is 7.05 Å². The van der Waals surface area contributed by atoms with Crippen molar-refractivity contribution < 1.29 is 9.59 Å². The highest BCUT2D eigenvalue weighted by Gasteiger charge is 2.46. The summed E-state index contributed by atoms with van der Waals surface area (Å²) >= 11 is 0. The van der Waals surface area contributed by atoms with Crippen molar-refractivity contribution in [1.82, 2.24) is 9.80 Å². The fourth-order valence-corrected chi connectivity index (χ4v) is 3.29. The molecule has 1 aliphatic heterocycles. The second-order valence-corrected chi connectivity index (χ2v) is 6.33. The third kappa shape index (κ3) is 2.68. The molecule has 1 saturated heterocycles. The molecule has 124 valence electrons. The molecule has 3 rings (SSSR count). The summed E-state index contributed by atoms with van der Waals surface area (Å²) in [6.45, 7) is 3.84. The van der Waals surface area contributed by atoms with Gasteiger partial charge in [0.05, 0.1) is 18.0 Å². The van der Waals surface area contributed by atoms with Crippen LogP contribution in [0.5, 0.6) is 0 Å². The Morgan fingerprint density at radius 1 is 1.00 bits per heavy atom. The molecule has 3 amide bonds. The first-order chi connectivity index (χ1) is 11.5. The highest BCUT2D eigenvalue weighted by molar-refractivity contribution is 5.99. The highest BCUT2D eigenvalue weighted by atomic mass is 16.2. The number of hydrogen-bond acceptors (Lipinski definition) is 2. The number of carbonyl (C=O) groups excluding carboxylic acids is 2. The van der Waals surface area contributed by atoms with E-state index in [1.54, 1.807) is 11.9 Å². The van der Waals surface area contributed by atoms with Crippen LogP contribution in [0.2, 0.25) is 0 Å². The molecule has 2 aromatic carbocycles. The Labute approximate surface area is 142 Å². The molecule has 3 atom stereocenters. The van der Waals surface area contributed by atoms with Crippen molar-refractivity contribution in [2.45, 2.75) is 31.8 Å². The molecule has 0 bridgehead atoms. The van der Waals surface area contributed by atoms with Crippen LogP contribution in [0.1, 0.15) is 36.9 Å². The number of urea groups is 1. The highest BCUT2D eigenvalue weighted by Crippen LogP contribution is 2.36. The number of carbonyl (C=O) groups is 2. The fourth-order valence-electron chi connectivity index (χ4n) is 3.29. The van der Waals surface area contributed by atoms with E-state index < -0.39 is 0 Å². The first-order valence-electron chi connectivity index (χ1n) is 8.22. The van der Waals surface area contributed by atoms with E-state index in [2.05, 4.69) is 0 Å². The van der Waals surface area contributed by atoms with E-state index in [1.807, 2.05) is 74.5 Å². The van der Waals surface area contributed by atoms with Gasteiger partial charge in [-0.2, -0.15) is 0 Å². The zero-order valence-electron chi connectivity index (χ0n) is 14.2. The van der Waals surface area contributed by atoms with Crippen molar-refractivity contribution in [2.24, 2.45) is 0 Å². The summed E-state index contributed by atoms with van der Waals surface area (Å²) in [5, 5.41) is 0. The van der Waals surface area contributed by atoms with Crippen LogP contribution in [0.15, 0.2) is 60.7 Å². The summed E-state index contributed by atoms with van der Waals surface area (Å²) in [5.41, 5.74) is 1.90. The Morgan fingerprint density at radius 3 is 2.12 bits per heavy atom. The lowest BCUT2D eigenvalue weighted by Gasteiger charge is -2.26. The van der Waals surface area contributed by atoms with Gasteiger partial charge in [0.15, 0.2) is 0 Å². The smallest absolute Gasteiger partial charge is 0.322 e. The minimum Gasteiger partial charge on any atom is -0.322 e. The quantitative estimate of drug-likeness (QED) is 0.862. The first kappa shape index (κ1) is 16.2. The number of nitrogens with zero attached hydrogens (tertiary/aromatic N) is 2. The maximum Gasteiger partial charge on any atom is 0.327 e. The maximum absolute atomic E-state index is 13.1. The molecule has 4 heteroatoms. The van der Waals surface area contributed by atoms with Gasteiger partial charge >= 0.3 is 6.03 Å². The lowest BCUT2D eigenvalue weighted by atomic mass is 9.96. The molecule has 2 aromatic rings. The molecular weight excluding hydrogens is 300 g/mol. The SMILES string of the molecule is C[C@@H](C(=O)N1C(=O)N(C)[C@@H](C)[C@H]1c1ccccc1)c1ccccc1. The predicted octanol–water partition coefficient (Wildman–Crippen LogP) is 3.81. The van der Waals surface area contributed by atoms with Crippen molar-refractivity contribution in [3.8, 4) is 0 Å². The van der Waals surface area contributed by atoms with E-state index >= 15 is 0 Å². The minimum absolute atomic E-state index is 0.0631. The van der Waals surface area contributed by atoms with Gasteiger partial charge in [0.1, 0.15) is 0 Å². The molecule has 0 spiro atoms. The molecule has 0 N–H and O–H groups in total. The van der Waals surface area contributed by atoms with Crippen LogP contribution in [0, 0.1) is 0 Å². The van der Waals surface area contributed by atoms with Gasteiger partial charge in [-0.3, -0.25) is 9.69 Å². The zero-order chi connectivity index (χ0) is 17.3. The predicted molar refractivity (Wildman–Crippen MR) is 93.5 cm³/mol. The average molecular weight is 322 g/mol. The Morgan fingerprint density at radius 2 is 1.54 bits per heavy atom. The van der Waals surface area contributed by atoms with Crippen LogP contribution >= 0.6 is 0 Å². The molecule has 1 fully saturated rings. The van der Waals surface area contributed by atoms with Gasteiger partial charge in [-0.1, -0.05) is 60.7 Å². The van der Waals surface area contributed by atoms with Gasteiger partial charge in [-0.25, -0.2) is 4.79 Å². The third-order valence-electron chi connectivity index (χ3n) is 4.90. The second-order valence-electron chi connectivity index (χ2n) is 6.33. The zero-order valence-corrected chi connectivity index (χ0v) is 14.2. The van der Waals surface area contributed by atoms with Crippen molar-refractivity contribution in [3.05, 3.63) is 71.8 Å². The van der Waals surface area contributed by atoms with Crippen LogP contribution in [-0.2, 0) is 4.79 Å². The fraction of sp³-hybridized carbons (Fsp3) is 0.300. The standard InChI is InChI=1S/C20H22N2O2/c1-14(16-10-6-4-7-11-16)19(23)22-18(15(2)21(3)20(22)24)17-12-8-5-9-13-17/h4-15,18H,1-3H3/t14-,15+,18+/m1/s1. The molecule has 4 nitrogen and oxygen atoms in total. The van der Waals surface area contributed by atoms with E-state index in [9.17, 15) is 9.59 Å². The van der Waals surface area contributed by atoms with Crippen LogP contribution in [0.3, 0.4) is 0 Å². The Hall–Kier alpha value is -2.62. The number of hydrogen-bond donors (Lipinski definition) is 0. The molecule has 0 unspecified atom stereocenters. The van der Waals surface area contributed by atoms with Gasteiger partial charge < -0.3 is 4.90 Å². The van der Waals surface area contributed by atoms with Gasteiger partial charge in [0.2, 0.25) is 5.91 Å². The van der Waals surface area contributed by atoms with Crippen molar-refractivity contribution in [1.29, 1.82) is 0 Å². The average Bonchev–Trinajstić information content (AvgIpc) is 2.86. The number of imide groups is 1. The Balaban J connectivity index is 1.97. The normalized spacial score (nSPS) is 21.9. The van der Waals surface area contributed by atoms with E-state index in [0.717, 1.165) is 11.1 Å². The van der Waals surface area contributed by atoms with E-state index in [-0.39, 0.29) is 29.9 Å². The summed E-state index contributed by atoms with van der Waals surface area (Å²) in [6.07, 6.45) is 0. The Kier molecular flexibility index (Phi) is 4.38. The third-order valence-corrected chi connectivity index (χ3v) is 4.90. The van der Waals surface area contributed by atoms with E-state index in [4.69, 9.17) is 0 Å². The first-order valence-corrected chi connectivity index (χ1v) is 8.22. The van der Waals surface area contributed by atoms with Crippen LogP contribution in [0.4, 0.5) is 4.79 Å². The van der Waals surface area contributed by atoms with Crippen molar-refractivity contribution in [3.63, 3.8) is 0 Å². The summed E-state index contributed by atoms with van der Waals surface area (Å²) in [4.78, 5) is 28.9. The monoisotopic (exact) mass is 322 g/mol. The van der Waals surface area contributed by atoms with E-state index in [0.29, 0.717) is 0 Å². The molecule has 0 saturated carbocycles. The molecule has 0 aromatic heterocycles. The largest absolute Gasteiger partial charge is 0.327 e. The lowest BCUT2D eigenvalue weighted by molar-refractivity contribution is -0.130. The molecule has 1 aliphatic rings. The number of rotatable bonds is 3.